The number of aryl methyl sites for hydroxylation is 1. The molecule has 0 atom stereocenters. The van der Waals surface area contributed by atoms with Gasteiger partial charge in [0.25, 0.3) is 5.91 Å². The van der Waals surface area contributed by atoms with Crippen molar-refractivity contribution in [2.24, 2.45) is 13.0 Å². The molecule has 1 N–H and O–H groups in total. The molecule has 1 fully saturated rings. The Morgan fingerprint density at radius 1 is 1.37 bits per heavy atom. The molecule has 9 heteroatoms. The predicted molar refractivity (Wildman–Crippen MR) is 116 cm³/mol. The van der Waals surface area contributed by atoms with Crippen LogP contribution in [0.3, 0.4) is 0 Å². The Morgan fingerprint density at radius 3 is 2.87 bits per heavy atom. The lowest BCUT2D eigenvalue weighted by atomic mass is 9.91. The molecule has 0 bridgehead atoms. The topological polar surface area (TPSA) is 63.1 Å². The third-order valence-electron chi connectivity index (χ3n) is 5.38. The Bertz CT molecular complexity index is 1010. The van der Waals surface area contributed by atoms with Crippen molar-refractivity contribution in [3.63, 3.8) is 0 Å². The molecule has 2 aromatic heterocycles. The van der Waals surface area contributed by atoms with Gasteiger partial charge in [-0.3, -0.25) is 19.7 Å². The van der Waals surface area contributed by atoms with Crippen LogP contribution in [0.25, 0.3) is 0 Å². The number of benzene rings is 1. The van der Waals surface area contributed by atoms with Crippen LogP contribution in [0.15, 0.2) is 36.0 Å². The van der Waals surface area contributed by atoms with Crippen molar-refractivity contribution in [1.82, 2.24) is 19.7 Å². The highest BCUT2D eigenvalue weighted by molar-refractivity contribution is 7.13. The highest BCUT2D eigenvalue weighted by Crippen LogP contribution is 2.25. The Balaban J connectivity index is 1.34. The van der Waals surface area contributed by atoms with Gasteiger partial charge in [-0.15, -0.1) is 11.3 Å². The van der Waals surface area contributed by atoms with Crippen molar-refractivity contribution in [2.75, 3.05) is 18.4 Å². The molecule has 30 heavy (non-hydrogen) atoms. The molecule has 3 aromatic rings. The fourth-order valence-electron chi connectivity index (χ4n) is 3.84. The number of halogens is 2. The van der Waals surface area contributed by atoms with Crippen molar-refractivity contribution < 1.29 is 9.18 Å². The standard InChI is InChI=1S/C21H23ClFN5OS/c1-27-13-16(20(29)25-21-24-6-9-30-21)19(26-27)11-14-4-7-28(8-5-14)12-15-2-3-17(22)18(23)10-15/h2-3,6,9-10,13-14H,4-5,7-8,11-12H2,1H3,(H,24,25,29). The summed E-state index contributed by atoms with van der Waals surface area (Å²) in [6, 6.07) is 4.99. The first-order chi connectivity index (χ1) is 14.5. The SMILES string of the molecule is Cn1cc(C(=O)Nc2nccs2)c(CC2CCN(Cc3ccc(Cl)c(F)c3)CC2)n1. The minimum absolute atomic E-state index is 0.155. The minimum Gasteiger partial charge on any atom is -0.299 e. The highest BCUT2D eigenvalue weighted by atomic mass is 35.5. The summed E-state index contributed by atoms with van der Waals surface area (Å²) in [5, 5.41) is 9.94. The number of carbonyl (C=O) groups is 1. The maximum Gasteiger partial charge on any atom is 0.260 e. The van der Waals surface area contributed by atoms with Crippen molar-refractivity contribution in [3.05, 3.63) is 63.6 Å². The number of anilines is 1. The van der Waals surface area contributed by atoms with Gasteiger partial charge in [-0.25, -0.2) is 9.37 Å². The molecule has 0 aliphatic carbocycles. The summed E-state index contributed by atoms with van der Waals surface area (Å²) in [6.45, 7) is 2.58. The average molecular weight is 448 g/mol. The van der Waals surface area contributed by atoms with Gasteiger partial charge in [0.2, 0.25) is 0 Å². The number of likely N-dealkylation sites (tertiary alicyclic amines) is 1. The Kier molecular flexibility index (Phi) is 6.46. The average Bonchev–Trinajstić information content (AvgIpc) is 3.36. The number of amides is 1. The fraction of sp³-hybridized carbons (Fsp3) is 0.381. The first kappa shape index (κ1) is 21.0. The number of hydrogen-bond donors (Lipinski definition) is 1. The molecule has 0 radical (unpaired) electrons. The molecule has 0 saturated carbocycles. The maximum atomic E-state index is 13.7. The number of nitrogens with zero attached hydrogens (tertiary/aromatic N) is 4. The third-order valence-corrected chi connectivity index (χ3v) is 6.38. The molecule has 1 aliphatic heterocycles. The molecule has 1 amide bonds. The summed E-state index contributed by atoms with van der Waals surface area (Å²) in [6.07, 6.45) is 6.23. The van der Waals surface area contributed by atoms with Crippen molar-refractivity contribution in [1.29, 1.82) is 0 Å². The molecule has 6 nitrogen and oxygen atoms in total. The Labute approximate surface area is 183 Å². The Hall–Kier alpha value is -2.29. The van der Waals surface area contributed by atoms with Crippen LogP contribution in [0, 0.1) is 11.7 Å². The smallest absolute Gasteiger partial charge is 0.260 e. The van der Waals surface area contributed by atoms with Gasteiger partial charge in [0.05, 0.1) is 16.3 Å². The third kappa shape index (κ3) is 5.06. The molecule has 0 unspecified atom stereocenters. The van der Waals surface area contributed by atoms with E-state index in [0.717, 1.165) is 43.6 Å². The first-order valence-corrected chi connectivity index (χ1v) is 11.1. The lowest BCUT2D eigenvalue weighted by Gasteiger charge is -2.31. The number of carbonyl (C=O) groups excluding carboxylic acids is 1. The minimum atomic E-state index is -0.372. The molecule has 1 saturated heterocycles. The lowest BCUT2D eigenvalue weighted by molar-refractivity contribution is 0.102. The van der Waals surface area contributed by atoms with E-state index in [1.807, 2.05) is 18.5 Å². The summed E-state index contributed by atoms with van der Waals surface area (Å²) in [5.74, 6) is -0.0810. The molecular formula is C21H23ClFN5OS. The monoisotopic (exact) mass is 447 g/mol. The van der Waals surface area contributed by atoms with Crippen LogP contribution in [0.2, 0.25) is 5.02 Å². The number of piperidine rings is 1. The first-order valence-electron chi connectivity index (χ1n) is 9.87. The Morgan fingerprint density at radius 2 is 2.17 bits per heavy atom. The van der Waals surface area contributed by atoms with Gasteiger partial charge in [0, 0.05) is 31.4 Å². The van der Waals surface area contributed by atoms with E-state index < -0.39 is 0 Å². The van der Waals surface area contributed by atoms with Crippen molar-refractivity contribution in [3.8, 4) is 0 Å². The van der Waals surface area contributed by atoms with Crippen molar-refractivity contribution in [2.45, 2.75) is 25.8 Å². The molecule has 1 aliphatic rings. The highest BCUT2D eigenvalue weighted by Gasteiger charge is 2.24. The zero-order valence-corrected chi connectivity index (χ0v) is 18.2. The summed E-state index contributed by atoms with van der Waals surface area (Å²) in [5.41, 5.74) is 2.36. The molecule has 0 spiro atoms. The second-order valence-electron chi connectivity index (χ2n) is 7.63. The van der Waals surface area contributed by atoms with Gasteiger partial charge < -0.3 is 0 Å². The molecule has 158 valence electrons. The second kappa shape index (κ2) is 9.24. The summed E-state index contributed by atoms with van der Waals surface area (Å²) in [7, 11) is 1.83. The zero-order valence-electron chi connectivity index (χ0n) is 16.6. The van der Waals surface area contributed by atoms with Gasteiger partial charge in [-0.1, -0.05) is 17.7 Å². The van der Waals surface area contributed by atoms with Crippen LogP contribution in [0.5, 0.6) is 0 Å². The predicted octanol–water partition coefficient (Wildman–Crippen LogP) is 4.38. The normalized spacial score (nSPS) is 15.4. The van der Waals surface area contributed by atoms with Crippen LogP contribution in [-0.2, 0) is 20.0 Å². The summed E-state index contributed by atoms with van der Waals surface area (Å²) >= 11 is 7.16. The van der Waals surface area contributed by atoms with Gasteiger partial charge >= 0.3 is 0 Å². The van der Waals surface area contributed by atoms with Crippen LogP contribution in [0.4, 0.5) is 9.52 Å². The van der Waals surface area contributed by atoms with Crippen LogP contribution in [0.1, 0.15) is 34.5 Å². The van der Waals surface area contributed by atoms with Crippen molar-refractivity contribution >= 4 is 34.0 Å². The zero-order chi connectivity index (χ0) is 21.1. The van der Waals surface area contributed by atoms with Gasteiger partial charge in [-0.05, 0) is 56.0 Å². The van der Waals surface area contributed by atoms with E-state index in [1.165, 1.54) is 17.4 Å². The largest absolute Gasteiger partial charge is 0.299 e. The molecular weight excluding hydrogens is 425 g/mol. The van der Waals surface area contributed by atoms with E-state index in [9.17, 15) is 9.18 Å². The second-order valence-corrected chi connectivity index (χ2v) is 8.93. The van der Waals surface area contributed by atoms with Crippen LogP contribution in [-0.4, -0.2) is 38.7 Å². The summed E-state index contributed by atoms with van der Waals surface area (Å²) in [4.78, 5) is 19.1. The van der Waals surface area contributed by atoms with Gasteiger partial charge in [0.1, 0.15) is 5.82 Å². The maximum absolute atomic E-state index is 13.7. The molecule has 4 rings (SSSR count). The number of hydrogen-bond acceptors (Lipinski definition) is 5. The fourth-order valence-corrected chi connectivity index (χ4v) is 4.48. The van der Waals surface area contributed by atoms with E-state index in [1.54, 1.807) is 23.1 Å². The van der Waals surface area contributed by atoms with Gasteiger partial charge in [-0.2, -0.15) is 5.10 Å². The quantitative estimate of drug-likeness (QED) is 0.609. The van der Waals surface area contributed by atoms with Crippen LogP contribution < -0.4 is 5.32 Å². The van der Waals surface area contributed by atoms with Crippen LogP contribution >= 0.6 is 22.9 Å². The van der Waals surface area contributed by atoms with E-state index in [4.69, 9.17) is 11.6 Å². The number of aromatic nitrogens is 3. The number of rotatable bonds is 6. The van der Waals surface area contributed by atoms with E-state index in [-0.39, 0.29) is 16.7 Å². The van der Waals surface area contributed by atoms with E-state index >= 15 is 0 Å². The molecule has 1 aromatic carbocycles. The molecule has 3 heterocycles. The van der Waals surface area contributed by atoms with E-state index in [2.05, 4.69) is 20.3 Å². The van der Waals surface area contributed by atoms with E-state index in [0.29, 0.717) is 23.2 Å². The van der Waals surface area contributed by atoms with Gasteiger partial charge in [0.15, 0.2) is 5.13 Å². The summed E-state index contributed by atoms with van der Waals surface area (Å²) < 4.78 is 15.4. The number of nitrogens with one attached hydrogen (secondary N) is 1. The number of thiazole rings is 1. The lowest BCUT2D eigenvalue weighted by Crippen LogP contribution is -2.34.